The van der Waals surface area contributed by atoms with Crippen LogP contribution in [0.5, 0.6) is 5.75 Å². The molecule has 2 aromatic heterocycles. The number of pyridine rings is 1. The van der Waals surface area contributed by atoms with Crippen LogP contribution in [0.3, 0.4) is 0 Å². The number of anilines is 3. The van der Waals surface area contributed by atoms with Crippen LogP contribution in [0.1, 0.15) is 23.7 Å². The fourth-order valence-corrected chi connectivity index (χ4v) is 3.05. The average Bonchev–Trinajstić information content (AvgIpc) is 3.22. The van der Waals surface area contributed by atoms with E-state index in [2.05, 4.69) is 31.0 Å². The van der Waals surface area contributed by atoms with E-state index in [1.807, 2.05) is 6.92 Å². The summed E-state index contributed by atoms with van der Waals surface area (Å²) in [7, 11) is 19.8. The Labute approximate surface area is 206 Å². The van der Waals surface area contributed by atoms with Crippen molar-refractivity contribution >= 4 is 52.7 Å². The summed E-state index contributed by atoms with van der Waals surface area (Å²) in [6.07, 6.45) is 2.77. The maximum absolute atomic E-state index is 12.8. The zero-order valence-electron chi connectivity index (χ0n) is 19.5. The SMILES string of the molecule is [B]C([B])([B])NC(=O)c1cnc(NC(=O)OCCC)cc1Nc1cccc(-c2ncn(C)n2)c1OC. The van der Waals surface area contributed by atoms with Crippen LogP contribution in [-0.4, -0.2) is 74.2 Å². The summed E-state index contributed by atoms with van der Waals surface area (Å²) in [5, 5.41) is 10.3. The Kier molecular flexibility index (Phi) is 8.05. The monoisotopic (exact) mass is 469 g/mol. The van der Waals surface area contributed by atoms with Gasteiger partial charge >= 0.3 is 6.09 Å². The molecule has 6 radical (unpaired) electrons. The Hall–Kier alpha value is -3.96. The third kappa shape index (κ3) is 6.78. The molecule has 35 heavy (non-hydrogen) atoms. The Morgan fingerprint density at radius 3 is 2.57 bits per heavy atom. The van der Waals surface area contributed by atoms with Crippen LogP contribution in [0.15, 0.2) is 36.8 Å². The van der Waals surface area contributed by atoms with Gasteiger partial charge in [0.25, 0.3) is 5.91 Å². The molecule has 3 N–H and O–H groups in total. The van der Waals surface area contributed by atoms with Gasteiger partial charge in [0.2, 0.25) is 0 Å². The van der Waals surface area contributed by atoms with E-state index in [4.69, 9.17) is 33.0 Å². The summed E-state index contributed by atoms with van der Waals surface area (Å²) < 4.78 is 12.2. The third-order valence-corrected chi connectivity index (χ3v) is 4.48. The zero-order valence-corrected chi connectivity index (χ0v) is 19.5. The van der Waals surface area contributed by atoms with E-state index in [0.29, 0.717) is 29.2 Å². The first-order valence-electron chi connectivity index (χ1n) is 10.5. The number of rotatable bonds is 9. The molecule has 0 aliphatic rings. The van der Waals surface area contributed by atoms with Crippen molar-refractivity contribution < 1.29 is 19.1 Å². The molecule has 174 valence electrons. The van der Waals surface area contributed by atoms with E-state index in [1.165, 1.54) is 19.4 Å². The Morgan fingerprint density at radius 1 is 1.17 bits per heavy atom. The van der Waals surface area contributed by atoms with Crippen molar-refractivity contribution in [2.45, 2.75) is 18.6 Å². The minimum absolute atomic E-state index is 0.0478. The summed E-state index contributed by atoms with van der Waals surface area (Å²) in [4.78, 5) is 33.2. The largest absolute Gasteiger partial charge is 0.494 e. The van der Waals surface area contributed by atoms with Gasteiger partial charge in [0.05, 0.1) is 59.8 Å². The predicted molar refractivity (Wildman–Crippen MR) is 133 cm³/mol. The molecule has 0 atom stereocenters. The Balaban J connectivity index is 2.01. The topological polar surface area (TPSA) is 132 Å². The van der Waals surface area contributed by atoms with Crippen LogP contribution < -0.4 is 20.7 Å². The molecular weight excluding hydrogens is 447 g/mol. The molecule has 0 saturated heterocycles. The number of aromatic nitrogens is 4. The number of carbonyl (C=O) groups is 2. The molecule has 0 fully saturated rings. The highest BCUT2D eigenvalue weighted by atomic mass is 16.5. The fourth-order valence-electron chi connectivity index (χ4n) is 3.05. The first kappa shape index (κ1) is 25.7. The van der Waals surface area contributed by atoms with Crippen LogP contribution in [0, 0.1) is 0 Å². The van der Waals surface area contributed by atoms with Gasteiger partial charge in [-0.15, -0.1) is 0 Å². The lowest BCUT2D eigenvalue weighted by molar-refractivity contribution is 0.0953. The maximum Gasteiger partial charge on any atom is 0.412 e. The summed E-state index contributed by atoms with van der Waals surface area (Å²) in [6, 6.07) is 6.73. The van der Waals surface area contributed by atoms with E-state index >= 15 is 0 Å². The summed E-state index contributed by atoms with van der Waals surface area (Å²) in [5.41, 5.74) is 1.39. The van der Waals surface area contributed by atoms with Gasteiger partial charge in [-0.25, -0.2) is 14.8 Å². The lowest BCUT2D eigenvalue weighted by atomic mass is 9.49. The van der Waals surface area contributed by atoms with Crippen LogP contribution in [0.25, 0.3) is 11.4 Å². The van der Waals surface area contributed by atoms with Crippen molar-refractivity contribution in [3.8, 4) is 17.1 Å². The summed E-state index contributed by atoms with van der Waals surface area (Å²) in [5.74, 6) is 0.297. The number of nitrogens with zero attached hydrogens (tertiary/aromatic N) is 4. The van der Waals surface area contributed by atoms with Crippen LogP contribution in [0.4, 0.5) is 22.0 Å². The van der Waals surface area contributed by atoms with Gasteiger partial charge in [0.1, 0.15) is 12.1 Å². The first-order valence-corrected chi connectivity index (χ1v) is 10.5. The van der Waals surface area contributed by atoms with Gasteiger partial charge in [-0.1, -0.05) is 18.2 Å². The minimum atomic E-state index is -1.96. The van der Waals surface area contributed by atoms with Gasteiger partial charge < -0.3 is 20.1 Å². The van der Waals surface area contributed by atoms with Gasteiger partial charge in [0.15, 0.2) is 11.6 Å². The second-order valence-corrected chi connectivity index (χ2v) is 7.52. The van der Waals surface area contributed by atoms with Crippen LogP contribution in [-0.2, 0) is 11.8 Å². The van der Waals surface area contributed by atoms with Crippen molar-refractivity contribution in [2.24, 2.45) is 7.05 Å². The van der Waals surface area contributed by atoms with E-state index in [9.17, 15) is 9.59 Å². The molecule has 0 aliphatic carbocycles. The second kappa shape index (κ2) is 11.0. The molecule has 2 heterocycles. The number of hydrogen-bond donors (Lipinski definition) is 3. The number of nitrogens with one attached hydrogen (secondary N) is 3. The van der Waals surface area contributed by atoms with E-state index < -0.39 is 17.2 Å². The number of benzene rings is 1. The van der Waals surface area contributed by atoms with Crippen molar-refractivity contribution in [2.75, 3.05) is 24.4 Å². The molecule has 3 aromatic rings. The van der Waals surface area contributed by atoms with Crippen molar-refractivity contribution in [3.05, 3.63) is 42.4 Å². The maximum atomic E-state index is 12.8. The van der Waals surface area contributed by atoms with Crippen molar-refractivity contribution in [1.29, 1.82) is 0 Å². The molecule has 0 unspecified atom stereocenters. The molecule has 14 heteroatoms. The number of carbonyl (C=O) groups excluding carboxylic acids is 2. The highest BCUT2D eigenvalue weighted by molar-refractivity contribution is 6.60. The molecule has 1 aromatic carbocycles. The molecule has 0 spiro atoms. The molecule has 3 rings (SSSR count). The smallest absolute Gasteiger partial charge is 0.412 e. The standard InChI is InChI=1S/C21H22B3N7O4/c1-4-8-35-20(33)28-16-9-15(13(10-25-16)19(32)29-21(22,23)24)27-14-7-5-6-12(17(14)34-3)18-26-11-31(2)30-18/h5-7,9-11H,4,8H2,1-3H3,(H,29,32)(H2,25,27,28,33). The van der Waals surface area contributed by atoms with Gasteiger partial charge in [-0.2, -0.15) is 5.10 Å². The van der Waals surface area contributed by atoms with Crippen molar-refractivity contribution in [1.82, 2.24) is 25.1 Å². The first-order chi connectivity index (χ1) is 16.6. The molecular formula is C21H22B3N7O4. The minimum Gasteiger partial charge on any atom is -0.494 e. The van der Waals surface area contributed by atoms with E-state index in [1.54, 1.807) is 36.3 Å². The third-order valence-electron chi connectivity index (χ3n) is 4.48. The number of para-hydroxylation sites is 1. The summed E-state index contributed by atoms with van der Waals surface area (Å²) in [6.45, 7) is 2.11. The predicted octanol–water partition coefficient (Wildman–Crippen LogP) is 1.43. The van der Waals surface area contributed by atoms with Crippen LogP contribution in [0.2, 0.25) is 0 Å². The fraction of sp³-hybridized carbons (Fsp3) is 0.286. The lowest BCUT2D eigenvalue weighted by Crippen LogP contribution is -2.50. The number of amides is 2. The lowest BCUT2D eigenvalue weighted by Gasteiger charge is -2.23. The summed E-state index contributed by atoms with van der Waals surface area (Å²) >= 11 is 0. The normalized spacial score (nSPS) is 10.9. The zero-order chi connectivity index (χ0) is 25.6. The average molecular weight is 469 g/mol. The highest BCUT2D eigenvalue weighted by Gasteiger charge is 2.21. The Bertz CT molecular complexity index is 1210. The molecule has 0 aliphatic heterocycles. The number of ether oxygens (including phenoxy) is 2. The molecule has 0 saturated carbocycles. The van der Waals surface area contributed by atoms with Crippen LogP contribution >= 0.6 is 0 Å². The number of methoxy groups -OCH3 is 1. The Morgan fingerprint density at radius 2 is 1.94 bits per heavy atom. The number of aryl methyl sites for hydroxylation is 1. The van der Waals surface area contributed by atoms with E-state index in [0.717, 1.165) is 0 Å². The highest BCUT2D eigenvalue weighted by Crippen LogP contribution is 2.37. The molecule has 2 amide bonds. The van der Waals surface area contributed by atoms with Gasteiger partial charge in [-0.3, -0.25) is 14.8 Å². The van der Waals surface area contributed by atoms with Gasteiger partial charge in [-0.05, 0) is 18.6 Å². The van der Waals surface area contributed by atoms with E-state index in [-0.39, 0.29) is 23.7 Å². The number of hydrogen-bond acceptors (Lipinski definition) is 8. The molecule has 11 nitrogen and oxygen atoms in total. The van der Waals surface area contributed by atoms with Crippen molar-refractivity contribution in [3.63, 3.8) is 0 Å². The second-order valence-electron chi connectivity index (χ2n) is 7.52. The quantitative estimate of drug-likeness (QED) is 0.402. The van der Waals surface area contributed by atoms with Gasteiger partial charge in [0, 0.05) is 19.3 Å². The molecule has 0 bridgehead atoms.